The van der Waals surface area contributed by atoms with Crippen molar-refractivity contribution in [3.05, 3.63) is 35.1 Å². The summed E-state index contributed by atoms with van der Waals surface area (Å²) in [7, 11) is 0. The number of furan rings is 1. The Morgan fingerprint density at radius 1 is 0.947 bits per heavy atom. The van der Waals surface area contributed by atoms with Gasteiger partial charge in [0.15, 0.2) is 17.2 Å². The first kappa shape index (κ1) is 12.5. The van der Waals surface area contributed by atoms with E-state index in [9.17, 15) is 17.6 Å². The maximum absolute atomic E-state index is 13.5. The smallest absolute Gasteiger partial charge is 0.205 e. The molecule has 0 aliphatic carbocycles. The lowest BCUT2D eigenvalue weighted by Crippen LogP contribution is -2.17. The van der Waals surface area contributed by atoms with Gasteiger partial charge in [0.2, 0.25) is 11.6 Å². The summed E-state index contributed by atoms with van der Waals surface area (Å²) in [5.74, 6) is -6.24. The summed E-state index contributed by atoms with van der Waals surface area (Å²) in [6.07, 6.45) is 2.12. The van der Waals surface area contributed by atoms with Crippen LogP contribution in [-0.2, 0) is 6.54 Å². The fourth-order valence-electron chi connectivity index (χ4n) is 2.42. The van der Waals surface area contributed by atoms with Crippen LogP contribution in [0.1, 0.15) is 18.6 Å². The minimum Gasteiger partial charge on any atom is -0.456 e. The van der Waals surface area contributed by atoms with Crippen molar-refractivity contribution in [3.63, 3.8) is 0 Å². The van der Waals surface area contributed by atoms with E-state index in [1.54, 1.807) is 0 Å². The summed E-state index contributed by atoms with van der Waals surface area (Å²) in [5, 5.41) is -0.356. The molecule has 0 bridgehead atoms. The fraction of sp³-hybridized carbons (Fsp3) is 0.385. The van der Waals surface area contributed by atoms with E-state index >= 15 is 0 Å². The maximum atomic E-state index is 13.5. The average molecular weight is 273 g/mol. The van der Waals surface area contributed by atoms with E-state index < -0.39 is 28.9 Å². The number of rotatable bonds is 2. The van der Waals surface area contributed by atoms with E-state index in [1.807, 2.05) is 0 Å². The second-order valence-corrected chi connectivity index (χ2v) is 4.69. The molecule has 0 saturated carbocycles. The number of nitrogens with zero attached hydrogens (tertiary/aromatic N) is 1. The molecule has 2 aromatic rings. The quantitative estimate of drug-likeness (QED) is 0.472. The van der Waals surface area contributed by atoms with Crippen LogP contribution < -0.4 is 0 Å². The summed E-state index contributed by atoms with van der Waals surface area (Å²) in [5.41, 5.74) is -0.564. The highest BCUT2D eigenvalue weighted by molar-refractivity contribution is 5.79. The van der Waals surface area contributed by atoms with Crippen LogP contribution >= 0.6 is 0 Å². The maximum Gasteiger partial charge on any atom is 0.205 e. The minimum atomic E-state index is -1.84. The van der Waals surface area contributed by atoms with Crippen molar-refractivity contribution in [2.45, 2.75) is 19.4 Å². The molecular formula is C13H11F4NO. The summed E-state index contributed by atoms with van der Waals surface area (Å²) >= 11 is 0. The molecule has 1 aliphatic rings. The number of hydrogen-bond donors (Lipinski definition) is 0. The molecule has 0 N–H and O–H groups in total. The second kappa shape index (κ2) is 4.52. The molecule has 3 rings (SSSR count). The molecule has 1 fully saturated rings. The summed E-state index contributed by atoms with van der Waals surface area (Å²) in [4.78, 5) is 2.06. The fourth-order valence-corrected chi connectivity index (χ4v) is 2.42. The van der Waals surface area contributed by atoms with Gasteiger partial charge in [0.05, 0.1) is 11.9 Å². The molecule has 0 radical (unpaired) electrons. The number of likely N-dealkylation sites (tertiary alicyclic amines) is 1. The van der Waals surface area contributed by atoms with E-state index in [-0.39, 0.29) is 5.39 Å². The molecule has 2 nitrogen and oxygen atoms in total. The SMILES string of the molecule is Fc1c(F)c(F)c2oc(CN3CCCC3)cc2c1F. The third kappa shape index (κ3) is 2.00. The Balaban J connectivity index is 2.04. The molecule has 1 aliphatic heterocycles. The molecule has 0 unspecified atom stereocenters. The Labute approximate surface area is 106 Å². The number of fused-ring (bicyclic) bond motifs is 1. The van der Waals surface area contributed by atoms with E-state index in [0.29, 0.717) is 12.3 Å². The molecule has 2 heterocycles. The van der Waals surface area contributed by atoms with Gasteiger partial charge in [-0.3, -0.25) is 4.90 Å². The molecule has 1 aromatic carbocycles. The molecular weight excluding hydrogens is 262 g/mol. The third-order valence-corrected chi connectivity index (χ3v) is 3.38. The van der Waals surface area contributed by atoms with Crippen LogP contribution in [0.5, 0.6) is 0 Å². The first-order valence-corrected chi connectivity index (χ1v) is 6.04. The third-order valence-electron chi connectivity index (χ3n) is 3.38. The van der Waals surface area contributed by atoms with Gasteiger partial charge in [-0.2, -0.15) is 4.39 Å². The Kier molecular flexibility index (Phi) is 2.97. The average Bonchev–Trinajstić information content (AvgIpc) is 3.04. The largest absolute Gasteiger partial charge is 0.456 e. The lowest BCUT2D eigenvalue weighted by molar-refractivity contribution is 0.300. The van der Waals surface area contributed by atoms with Crippen molar-refractivity contribution in [1.82, 2.24) is 4.90 Å². The highest BCUT2D eigenvalue weighted by Gasteiger charge is 2.24. The van der Waals surface area contributed by atoms with Crippen LogP contribution in [0.25, 0.3) is 11.0 Å². The topological polar surface area (TPSA) is 16.4 Å². The van der Waals surface area contributed by atoms with Crippen molar-refractivity contribution < 1.29 is 22.0 Å². The van der Waals surface area contributed by atoms with E-state index in [4.69, 9.17) is 4.42 Å². The highest BCUT2D eigenvalue weighted by Crippen LogP contribution is 2.30. The molecule has 19 heavy (non-hydrogen) atoms. The minimum absolute atomic E-state index is 0.305. The lowest BCUT2D eigenvalue weighted by Gasteiger charge is -2.11. The molecule has 0 atom stereocenters. The lowest BCUT2D eigenvalue weighted by atomic mass is 10.2. The first-order valence-electron chi connectivity index (χ1n) is 6.04. The van der Waals surface area contributed by atoms with E-state index in [2.05, 4.69) is 4.90 Å². The van der Waals surface area contributed by atoms with E-state index in [0.717, 1.165) is 25.9 Å². The summed E-state index contributed by atoms with van der Waals surface area (Å²) < 4.78 is 58.3. The predicted octanol–water partition coefficient (Wildman–Crippen LogP) is 3.59. The van der Waals surface area contributed by atoms with Gasteiger partial charge in [0, 0.05) is 0 Å². The van der Waals surface area contributed by atoms with Crippen LogP contribution in [0, 0.1) is 23.3 Å². The Morgan fingerprint density at radius 3 is 2.26 bits per heavy atom. The standard InChI is InChI=1S/C13H11F4NO/c14-9-8-5-7(6-18-3-1-2-4-18)19-13(8)12(17)11(16)10(9)15/h5H,1-4,6H2. The Bertz CT molecular complexity index is 586. The Morgan fingerprint density at radius 2 is 1.58 bits per heavy atom. The molecule has 1 aromatic heterocycles. The summed E-state index contributed by atoms with van der Waals surface area (Å²) in [6, 6.07) is 1.23. The molecule has 1 saturated heterocycles. The molecule has 0 amide bonds. The number of halogens is 4. The zero-order valence-electron chi connectivity index (χ0n) is 9.98. The van der Waals surface area contributed by atoms with Crippen molar-refractivity contribution in [1.29, 1.82) is 0 Å². The van der Waals surface area contributed by atoms with Gasteiger partial charge >= 0.3 is 0 Å². The van der Waals surface area contributed by atoms with Gasteiger partial charge in [-0.1, -0.05) is 0 Å². The van der Waals surface area contributed by atoms with Crippen LogP contribution in [0.4, 0.5) is 17.6 Å². The van der Waals surface area contributed by atoms with Gasteiger partial charge in [0.1, 0.15) is 5.76 Å². The number of hydrogen-bond acceptors (Lipinski definition) is 2. The zero-order valence-corrected chi connectivity index (χ0v) is 9.98. The van der Waals surface area contributed by atoms with Crippen LogP contribution in [0.3, 0.4) is 0 Å². The van der Waals surface area contributed by atoms with Gasteiger partial charge < -0.3 is 4.42 Å². The highest BCUT2D eigenvalue weighted by atomic mass is 19.2. The normalized spacial score (nSPS) is 16.6. The monoisotopic (exact) mass is 273 g/mol. The molecule has 6 heteroatoms. The number of benzene rings is 1. The zero-order chi connectivity index (χ0) is 13.6. The molecule has 102 valence electrons. The van der Waals surface area contributed by atoms with Crippen LogP contribution in [-0.4, -0.2) is 18.0 Å². The Hall–Kier alpha value is -1.56. The van der Waals surface area contributed by atoms with E-state index in [1.165, 1.54) is 6.07 Å². The van der Waals surface area contributed by atoms with Crippen molar-refractivity contribution in [3.8, 4) is 0 Å². The van der Waals surface area contributed by atoms with Gasteiger partial charge in [-0.05, 0) is 32.0 Å². The van der Waals surface area contributed by atoms with Gasteiger partial charge in [0.25, 0.3) is 0 Å². The predicted molar refractivity (Wildman–Crippen MR) is 60.6 cm³/mol. The molecule has 0 spiro atoms. The first-order chi connectivity index (χ1) is 9.08. The van der Waals surface area contributed by atoms with Gasteiger partial charge in [-0.25, -0.2) is 13.2 Å². The van der Waals surface area contributed by atoms with Crippen LogP contribution in [0.15, 0.2) is 10.5 Å². The second-order valence-electron chi connectivity index (χ2n) is 4.69. The van der Waals surface area contributed by atoms with Crippen molar-refractivity contribution in [2.24, 2.45) is 0 Å². The van der Waals surface area contributed by atoms with Crippen molar-refractivity contribution >= 4 is 11.0 Å². The van der Waals surface area contributed by atoms with Gasteiger partial charge in [-0.15, -0.1) is 0 Å². The van der Waals surface area contributed by atoms with Crippen molar-refractivity contribution in [2.75, 3.05) is 13.1 Å². The van der Waals surface area contributed by atoms with Crippen LogP contribution in [0.2, 0.25) is 0 Å². The summed E-state index contributed by atoms with van der Waals surface area (Å²) in [6.45, 7) is 2.15.